The summed E-state index contributed by atoms with van der Waals surface area (Å²) in [7, 11) is 0. The molecule has 0 bridgehead atoms. The molecular formula is C25H21N5OS. The number of nitrogens with zero attached hydrogens (tertiary/aromatic N) is 3. The molecule has 7 heteroatoms. The van der Waals surface area contributed by atoms with Crippen molar-refractivity contribution in [2.45, 2.75) is 11.7 Å². The quantitative estimate of drug-likeness (QED) is 0.356. The van der Waals surface area contributed by atoms with E-state index in [1.807, 2.05) is 89.6 Å². The first kappa shape index (κ1) is 20.1. The van der Waals surface area contributed by atoms with Crippen molar-refractivity contribution in [3.05, 3.63) is 96.7 Å². The van der Waals surface area contributed by atoms with E-state index in [-0.39, 0.29) is 11.7 Å². The van der Waals surface area contributed by atoms with E-state index in [0.717, 1.165) is 33.5 Å². The largest absolute Gasteiger partial charge is 0.360 e. The van der Waals surface area contributed by atoms with Gasteiger partial charge in [0.2, 0.25) is 5.91 Å². The molecular weight excluding hydrogens is 418 g/mol. The fourth-order valence-electron chi connectivity index (χ4n) is 3.58. The van der Waals surface area contributed by atoms with Crippen molar-refractivity contribution < 1.29 is 4.79 Å². The van der Waals surface area contributed by atoms with Crippen LogP contribution in [-0.4, -0.2) is 31.4 Å². The van der Waals surface area contributed by atoms with Gasteiger partial charge < -0.3 is 10.3 Å². The van der Waals surface area contributed by atoms with Gasteiger partial charge in [0.15, 0.2) is 11.0 Å². The Kier molecular flexibility index (Phi) is 5.72. The number of aromatic amines is 1. The maximum Gasteiger partial charge on any atom is 0.230 e. The fraction of sp³-hybridized carbons (Fsp3) is 0.0800. The molecule has 0 aliphatic heterocycles. The van der Waals surface area contributed by atoms with Crippen LogP contribution in [0.2, 0.25) is 0 Å². The van der Waals surface area contributed by atoms with Crippen LogP contribution in [0.5, 0.6) is 0 Å². The number of amides is 1. The monoisotopic (exact) mass is 439 g/mol. The van der Waals surface area contributed by atoms with E-state index in [1.165, 1.54) is 11.8 Å². The van der Waals surface area contributed by atoms with Crippen LogP contribution in [-0.2, 0) is 11.3 Å². The molecule has 0 spiro atoms. The number of rotatable bonds is 7. The lowest BCUT2D eigenvalue weighted by Crippen LogP contribution is -2.24. The van der Waals surface area contributed by atoms with Crippen molar-refractivity contribution >= 4 is 28.6 Å². The maximum atomic E-state index is 12.5. The maximum absolute atomic E-state index is 12.5. The minimum atomic E-state index is -0.0462. The van der Waals surface area contributed by atoms with Crippen molar-refractivity contribution in [1.29, 1.82) is 0 Å². The first-order valence-electron chi connectivity index (χ1n) is 10.3. The van der Waals surface area contributed by atoms with E-state index in [0.29, 0.717) is 11.7 Å². The summed E-state index contributed by atoms with van der Waals surface area (Å²) in [5.74, 6) is 0.946. The Morgan fingerprint density at radius 1 is 0.906 bits per heavy atom. The van der Waals surface area contributed by atoms with Crippen molar-refractivity contribution in [2.75, 3.05) is 5.75 Å². The lowest BCUT2D eigenvalue weighted by Gasteiger charge is -2.10. The predicted molar refractivity (Wildman–Crippen MR) is 128 cm³/mol. The van der Waals surface area contributed by atoms with Gasteiger partial charge >= 0.3 is 0 Å². The second-order valence-corrected chi connectivity index (χ2v) is 8.22. The number of nitrogens with one attached hydrogen (secondary N) is 2. The zero-order valence-electron chi connectivity index (χ0n) is 17.2. The Morgan fingerprint density at radius 3 is 2.44 bits per heavy atom. The molecule has 0 saturated carbocycles. The molecule has 0 aliphatic carbocycles. The third-order valence-corrected chi connectivity index (χ3v) is 6.07. The molecule has 32 heavy (non-hydrogen) atoms. The molecule has 0 unspecified atom stereocenters. The minimum Gasteiger partial charge on any atom is -0.360 e. The van der Waals surface area contributed by atoms with E-state index in [4.69, 9.17) is 0 Å². The van der Waals surface area contributed by atoms with Crippen molar-refractivity contribution in [2.24, 2.45) is 0 Å². The van der Waals surface area contributed by atoms with Crippen LogP contribution in [0.25, 0.3) is 28.0 Å². The van der Waals surface area contributed by atoms with Crippen molar-refractivity contribution in [3.63, 3.8) is 0 Å². The number of thioether (sulfide) groups is 1. The molecule has 0 aliphatic rings. The Bertz CT molecular complexity index is 1340. The zero-order valence-corrected chi connectivity index (χ0v) is 18.0. The highest BCUT2D eigenvalue weighted by Gasteiger charge is 2.19. The van der Waals surface area contributed by atoms with E-state index < -0.39 is 0 Å². The first-order chi connectivity index (χ1) is 15.8. The van der Waals surface area contributed by atoms with Gasteiger partial charge in [0.05, 0.1) is 5.75 Å². The van der Waals surface area contributed by atoms with Crippen LogP contribution in [0.4, 0.5) is 0 Å². The Hall–Kier alpha value is -3.84. The lowest BCUT2D eigenvalue weighted by molar-refractivity contribution is -0.118. The summed E-state index contributed by atoms with van der Waals surface area (Å²) in [5.41, 5.74) is 4.03. The number of carbonyl (C=O) groups is 1. The standard InChI is InChI=1S/C25H21N5OS/c31-23(27-15-18-9-3-1-4-10-18)17-32-25-29-28-24(30(25)19-11-5-2-6-12-19)21-16-26-22-14-8-7-13-20(21)22/h1-14,16,26H,15,17H2,(H,27,31). The van der Waals surface area contributed by atoms with Crippen LogP contribution in [0, 0.1) is 0 Å². The van der Waals surface area contributed by atoms with E-state index in [2.05, 4.69) is 26.6 Å². The fourth-order valence-corrected chi connectivity index (χ4v) is 4.36. The summed E-state index contributed by atoms with van der Waals surface area (Å²) < 4.78 is 2.00. The molecule has 2 aromatic heterocycles. The smallest absolute Gasteiger partial charge is 0.230 e. The van der Waals surface area contributed by atoms with E-state index in [9.17, 15) is 4.79 Å². The molecule has 0 fully saturated rings. The number of hydrogen-bond acceptors (Lipinski definition) is 4. The van der Waals surface area contributed by atoms with Gasteiger partial charge in [0.25, 0.3) is 0 Å². The molecule has 2 heterocycles. The summed E-state index contributed by atoms with van der Waals surface area (Å²) in [5, 5.41) is 13.6. The van der Waals surface area contributed by atoms with Gasteiger partial charge in [-0.15, -0.1) is 10.2 Å². The molecule has 5 rings (SSSR count). The summed E-state index contributed by atoms with van der Waals surface area (Å²) in [6.07, 6.45) is 1.95. The van der Waals surface area contributed by atoms with Crippen LogP contribution in [0.15, 0.2) is 96.3 Å². The Balaban J connectivity index is 1.41. The average Bonchev–Trinajstić information content (AvgIpc) is 3.46. The summed E-state index contributed by atoms with van der Waals surface area (Å²) in [4.78, 5) is 15.8. The van der Waals surface area contributed by atoms with Crippen molar-refractivity contribution in [3.8, 4) is 17.1 Å². The van der Waals surface area contributed by atoms with Crippen LogP contribution >= 0.6 is 11.8 Å². The number of aromatic nitrogens is 4. The molecule has 0 saturated heterocycles. The number of fused-ring (bicyclic) bond motifs is 1. The number of para-hydroxylation sites is 2. The van der Waals surface area contributed by atoms with Gasteiger partial charge in [-0.3, -0.25) is 9.36 Å². The number of hydrogen-bond donors (Lipinski definition) is 2. The molecule has 0 radical (unpaired) electrons. The third kappa shape index (κ3) is 4.15. The first-order valence-corrected chi connectivity index (χ1v) is 11.3. The number of H-pyrrole nitrogens is 1. The van der Waals surface area contributed by atoms with Crippen LogP contribution < -0.4 is 5.32 Å². The highest BCUT2D eigenvalue weighted by molar-refractivity contribution is 7.99. The van der Waals surface area contributed by atoms with Crippen LogP contribution in [0.3, 0.4) is 0 Å². The molecule has 5 aromatic rings. The average molecular weight is 440 g/mol. The van der Waals surface area contributed by atoms with E-state index >= 15 is 0 Å². The molecule has 6 nitrogen and oxygen atoms in total. The zero-order chi connectivity index (χ0) is 21.8. The van der Waals surface area contributed by atoms with Crippen LogP contribution in [0.1, 0.15) is 5.56 Å². The van der Waals surface area contributed by atoms with Gasteiger partial charge in [-0.1, -0.05) is 78.5 Å². The summed E-state index contributed by atoms with van der Waals surface area (Å²) in [6, 6.07) is 28.0. The van der Waals surface area contributed by atoms with E-state index in [1.54, 1.807) is 0 Å². The Morgan fingerprint density at radius 2 is 1.62 bits per heavy atom. The van der Waals surface area contributed by atoms with Gasteiger partial charge in [0.1, 0.15) is 0 Å². The van der Waals surface area contributed by atoms with Gasteiger partial charge in [-0.05, 0) is 23.8 Å². The van der Waals surface area contributed by atoms with Gasteiger partial charge in [-0.25, -0.2) is 0 Å². The number of carbonyl (C=O) groups excluding carboxylic acids is 1. The molecule has 158 valence electrons. The SMILES string of the molecule is O=C(CSc1nnc(-c2c[nH]c3ccccc23)n1-c1ccccc1)NCc1ccccc1. The summed E-state index contributed by atoms with van der Waals surface area (Å²) >= 11 is 1.38. The molecule has 0 atom stereocenters. The third-order valence-electron chi connectivity index (χ3n) is 5.14. The second kappa shape index (κ2) is 9.11. The lowest BCUT2D eigenvalue weighted by atomic mass is 10.1. The van der Waals surface area contributed by atoms with Gasteiger partial charge in [-0.2, -0.15) is 0 Å². The number of benzene rings is 3. The highest BCUT2D eigenvalue weighted by Crippen LogP contribution is 2.32. The van der Waals surface area contributed by atoms with Crippen molar-refractivity contribution in [1.82, 2.24) is 25.1 Å². The van der Waals surface area contributed by atoms with Gasteiger partial charge in [0, 0.05) is 34.9 Å². The predicted octanol–water partition coefficient (Wildman–Crippen LogP) is 4.82. The topological polar surface area (TPSA) is 75.6 Å². The molecule has 1 amide bonds. The Labute approximate surface area is 189 Å². The molecule has 3 aromatic carbocycles. The molecule has 2 N–H and O–H groups in total. The normalized spacial score (nSPS) is 11.0. The summed E-state index contributed by atoms with van der Waals surface area (Å²) in [6.45, 7) is 0.506. The second-order valence-electron chi connectivity index (χ2n) is 7.28. The highest BCUT2D eigenvalue weighted by atomic mass is 32.2. The minimum absolute atomic E-state index is 0.0462.